The highest BCUT2D eigenvalue weighted by atomic mass is 19.1. The van der Waals surface area contributed by atoms with Crippen LogP contribution in [0.2, 0.25) is 0 Å². The highest BCUT2D eigenvalue weighted by Crippen LogP contribution is 2.39. The molecule has 0 atom stereocenters. The van der Waals surface area contributed by atoms with Gasteiger partial charge in [-0.3, -0.25) is 0 Å². The van der Waals surface area contributed by atoms with Crippen molar-refractivity contribution in [2.24, 2.45) is 0 Å². The molecular formula is C16H12F2O2. The Labute approximate surface area is 114 Å². The molecule has 0 aromatic heterocycles. The molecule has 20 heavy (non-hydrogen) atoms. The van der Waals surface area contributed by atoms with Crippen LogP contribution in [0.4, 0.5) is 8.78 Å². The van der Waals surface area contributed by atoms with E-state index in [9.17, 15) is 13.9 Å². The summed E-state index contributed by atoms with van der Waals surface area (Å²) in [7, 11) is 0. The zero-order chi connectivity index (χ0) is 14.3. The summed E-state index contributed by atoms with van der Waals surface area (Å²) in [5, 5.41) is 9.48. The van der Waals surface area contributed by atoms with Crippen LogP contribution in [-0.4, -0.2) is 11.7 Å². The normalized spacial score (nSPS) is 13.9. The van der Waals surface area contributed by atoms with E-state index in [1.54, 1.807) is 12.1 Å². The molecule has 1 aliphatic rings. The molecule has 1 heterocycles. The molecule has 0 fully saturated rings. The minimum Gasteiger partial charge on any atom is -0.505 e. The number of hydrogen-bond donors (Lipinski definition) is 1. The third-order valence-electron chi connectivity index (χ3n) is 3.47. The second kappa shape index (κ2) is 4.63. The van der Waals surface area contributed by atoms with Crippen LogP contribution in [0.3, 0.4) is 0 Å². The summed E-state index contributed by atoms with van der Waals surface area (Å²) in [5.74, 6) is -1.01. The third-order valence-corrected chi connectivity index (χ3v) is 3.47. The van der Waals surface area contributed by atoms with E-state index in [1.165, 1.54) is 24.3 Å². The number of benzene rings is 2. The zero-order valence-corrected chi connectivity index (χ0v) is 10.8. The Kier molecular flexibility index (Phi) is 2.93. The Balaban J connectivity index is 2.13. The number of phenolic OH excluding ortho intramolecular Hbond substituents is 1. The molecule has 0 bridgehead atoms. The Morgan fingerprint density at radius 2 is 1.80 bits per heavy atom. The van der Waals surface area contributed by atoms with Gasteiger partial charge in [0.2, 0.25) is 0 Å². The first-order valence-electron chi connectivity index (χ1n) is 6.17. The van der Waals surface area contributed by atoms with Crippen molar-refractivity contribution in [3.05, 3.63) is 59.2 Å². The lowest BCUT2D eigenvalue weighted by molar-refractivity contribution is 0.357. The molecule has 1 aliphatic heterocycles. The highest BCUT2D eigenvalue weighted by Gasteiger charge is 2.20. The summed E-state index contributed by atoms with van der Waals surface area (Å²) in [6, 6.07) is 8.64. The summed E-state index contributed by atoms with van der Waals surface area (Å²) in [4.78, 5) is 0. The van der Waals surface area contributed by atoms with E-state index in [0.717, 1.165) is 16.7 Å². The van der Waals surface area contributed by atoms with Gasteiger partial charge in [0.1, 0.15) is 18.2 Å². The fourth-order valence-electron chi connectivity index (χ4n) is 2.33. The molecular weight excluding hydrogens is 262 g/mol. The number of aromatic hydroxyl groups is 1. The molecule has 2 nitrogen and oxygen atoms in total. The molecule has 0 saturated heterocycles. The summed E-state index contributed by atoms with van der Waals surface area (Å²) >= 11 is 0. The van der Waals surface area contributed by atoms with Gasteiger partial charge < -0.3 is 9.84 Å². The van der Waals surface area contributed by atoms with Gasteiger partial charge in [-0.2, -0.15) is 0 Å². The van der Waals surface area contributed by atoms with Crippen molar-refractivity contribution in [1.29, 1.82) is 0 Å². The summed E-state index contributed by atoms with van der Waals surface area (Å²) in [5.41, 5.74) is 3.27. The maximum Gasteiger partial charge on any atom is 0.168 e. The van der Waals surface area contributed by atoms with Crippen molar-refractivity contribution >= 4 is 11.1 Å². The van der Waals surface area contributed by atoms with Gasteiger partial charge in [-0.25, -0.2) is 8.78 Å². The minimum absolute atomic E-state index is 0.286. The molecule has 3 rings (SSSR count). The van der Waals surface area contributed by atoms with Crippen LogP contribution >= 0.6 is 0 Å². The van der Waals surface area contributed by atoms with Crippen molar-refractivity contribution in [2.75, 3.05) is 6.61 Å². The lowest BCUT2D eigenvalue weighted by Gasteiger charge is -2.23. The van der Waals surface area contributed by atoms with Crippen LogP contribution in [0.1, 0.15) is 18.1 Å². The SMILES string of the molecule is CC1=C(c2ccc(F)cc2)COc2cc(F)c(O)cc21. The number of ether oxygens (including phenoxy) is 1. The van der Waals surface area contributed by atoms with Gasteiger partial charge in [-0.05, 0) is 36.3 Å². The van der Waals surface area contributed by atoms with Crippen molar-refractivity contribution < 1.29 is 18.6 Å². The van der Waals surface area contributed by atoms with E-state index in [4.69, 9.17) is 4.74 Å². The van der Waals surface area contributed by atoms with Crippen molar-refractivity contribution in [3.63, 3.8) is 0 Å². The zero-order valence-electron chi connectivity index (χ0n) is 10.8. The number of rotatable bonds is 1. The Morgan fingerprint density at radius 3 is 2.50 bits per heavy atom. The first-order chi connectivity index (χ1) is 9.56. The van der Waals surface area contributed by atoms with Crippen LogP contribution in [0.25, 0.3) is 11.1 Å². The molecule has 2 aromatic carbocycles. The second-order valence-electron chi connectivity index (χ2n) is 4.70. The van der Waals surface area contributed by atoms with Crippen LogP contribution in [0.5, 0.6) is 11.5 Å². The standard InChI is InChI=1S/C16H12F2O2/c1-9-12-6-15(19)14(18)7-16(12)20-8-13(9)10-2-4-11(17)5-3-10/h2-7,19H,8H2,1H3. The lowest BCUT2D eigenvalue weighted by atomic mass is 9.93. The second-order valence-corrected chi connectivity index (χ2v) is 4.70. The van der Waals surface area contributed by atoms with Crippen LogP contribution in [-0.2, 0) is 0 Å². The topological polar surface area (TPSA) is 29.5 Å². The predicted molar refractivity (Wildman–Crippen MR) is 72.4 cm³/mol. The monoisotopic (exact) mass is 274 g/mol. The third kappa shape index (κ3) is 2.03. The van der Waals surface area contributed by atoms with Crippen molar-refractivity contribution in [3.8, 4) is 11.5 Å². The van der Waals surface area contributed by atoms with Crippen molar-refractivity contribution in [2.45, 2.75) is 6.92 Å². The number of halogens is 2. The maximum atomic E-state index is 13.3. The number of phenols is 1. The van der Waals surface area contributed by atoms with Gasteiger partial charge in [0.05, 0.1) is 0 Å². The average Bonchev–Trinajstić information content (AvgIpc) is 2.43. The molecule has 0 radical (unpaired) electrons. The first-order valence-corrected chi connectivity index (χ1v) is 6.17. The summed E-state index contributed by atoms with van der Waals surface area (Å²) in [6.45, 7) is 2.16. The Hall–Kier alpha value is -2.36. The Morgan fingerprint density at radius 1 is 1.10 bits per heavy atom. The van der Waals surface area contributed by atoms with Gasteiger partial charge >= 0.3 is 0 Å². The number of hydrogen-bond acceptors (Lipinski definition) is 2. The van der Waals surface area contributed by atoms with E-state index >= 15 is 0 Å². The number of fused-ring (bicyclic) bond motifs is 1. The first kappa shape index (κ1) is 12.7. The summed E-state index contributed by atoms with van der Waals surface area (Å²) < 4.78 is 31.8. The Bertz CT molecular complexity index is 703. The van der Waals surface area contributed by atoms with Crippen LogP contribution in [0, 0.1) is 11.6 Å². The van der Waals surface area contributed by atoms with Gasteiger partial charge in [-0.15, -0.1) is 0 Å². The fraction of sp³-hybridized carbons (Fsp3) is 0.125. The minimum atomic E-state index is -0.707. The smallest absolute Gasteiger partial charge is 0.168 e. The van der Waals surface area contributed by atoms with Gasteiger partial charge in [0.15, 0.2) is 11.6 Å². The fourth-order valence-corrected chi connectivity index (χ4v) is 2.33. The molecule has 0 amide bonds. The van der Waals surface area contributed by atoms with Crippen LogP contribution in [0.15, 0.2) is 36.4 Å². The van der Waals surface area contributed by atoms with E-state index < -0.39 is 11.6 Å². The lowest BCUT2D eigenvalue weighted by Crippen LogP contribution is -2.10. The maximum absolute atomic E-state index is 13.3. The molecule has 1 N–H and O–H groups in total. The molecule has 0 spiro atoms. The van der Waals surface area contributed by atoms with Gasteiger partial charge in [0, 0.05) is 17.2 Å². The molecule has 2 aromatic rings. The predicted octanol–water partition coefficient (Wildman–Crippen LogP) is 3.99. The van der Waals surface area contributed by atoms with Gasteiger partial charge in [0.25, 0.3) is 0 Å². The number of allylic oxidation sites excluding steroid dienone is 1. The molecule has 0 saturated carbocycles. The molecule has 4 heteroatoms. The highest BCUT2D eigenvalue weighted by molar-refractivity contribution is 5.93. The van der Waals surface area contributed by atoms with E-state index in [-0.39, 0.29) is 12.4 Å². The molecule has 102 valence electrons. The summed E-state index contributed by atoms with van der Waals surface area (Å²) in [6.07, 6.45) is 0. The quantitative estimate of drug-likeness (QED) is 0.852. The van der Waals surface area contributed by atoms with Crippen molar-refractivity contribution in [1.82, 2.24) is 0 Å². The largest absolute Gasteiger partial charge is 0.505 e. The van der Waals surface area contributed by atoms with E-state index in [1.807, 2.05) is 6.92 Å². The average molecular weight is 274 g/mol. The van der Waals surface area contributed by atoms with Gasteiger partial charge in [-0.1, -0.05) is 12.1 Å². The van der Waals surface area contributed by atoms with E-state index in [0.29, 0.717) is 11.3 Å². The molecule has 0 unspecified atom stereocenters. The molecule has 0 aliphatic carbocycles. The van der Waals surface area contributed by atoms with Crippen LogP contribution < -0.4 is 4.74 Å². The van der Waals surface area contributed by atoms with E-state index in [2.05, 4.69) is 0 Å².